The van der Waals surface area contributed by atoms with Crippen molar-refractivity contribution in [1.29, 1.82) is 0 Å². The van der Waals surface area contributed by atoms with Crippen molar-refractivity contribution >= 4 is 28.9 Å². The SMILES string of the molecule is CCOC(=O)c1cc(-c2ccccc2)ccc1NC(=O)c1csc(-c2ncccn2)n1. The summed E-state index contributed by atoms with van der Waals surface area (Å²) >= 11 is 1.27. The topological polar surface area (TPSA) is 94.1 Å². The highest BCUT2D eigenvalue weighted by molar-refractivity contribution is 7.13. The van der Waals surface area contributed by atoms with E-state index in [1.165, 1.54) is 11.3 Å². The number of hydrogen-bond donors (Lipinski definition) is 1. The molecular weight excluding hydrogens is 412 g/mol. The van der Waals surface area contributed by atoms with Crippen molar-refractivity contribution in [3.8, 4) is 22.0 Å². The number of nitrogens with one attached hydrogen (secondary N) is 1. The van der Waals surface area contributed by atoms with Crippen LogP contribution in [-0.4, -0.2) is 33.4 Å². The Hall–Kier alpha value is -3.91. The van der Waals surface area contributed by atoms with E-state index in [1.807, 2.05) is 36.4 Å². The number of hydrogen-bond acceptors (Lipinski definition) is 7. The van der Waals surface area contributed by atoms with E-state index in [0.717, 1.165) is 11.1 Å². The van der Waals surface area contributed by atoms with Crippen LogP contribution in [0.15, 0.2) is 72.4 Å². The Morgan fingerprint density at radius 2 is 1.77 bits per heavy atom. The van der Waals surface area contributed by atoms with Gasteiger partial charge in [-0.3, -0.25) is 4.79 Å². The van der Waals surface area contributed by atoms with Gasteiger partial charge in [-0.2, -0.15) is 0 Å². The summed E-state index contributed by atoms with van der Waals surface area (Å²) in [6, 6.07) is 16.6. The van der Waals surface area contributed by atoms with Crippen LogP contribution in [0.25, 0.3) is 22.0 Å². The first kappa shape index (κ1) is 20.4. The molecule has 0 spiro atoms. The molecule has 0 aliphatic carbocycles. The summed E-state index contributed by atoms with van der Waals surface area (Å²) in [5, 5.41) is 4.94. The number of benzene rings is 2. The van der Waals surface area contributed by atoms with Crippen molar-refractivity contribution < 1.29 is 14.3 Å². The van der Waals surface area contributed by atoms with E-state index < -0.39 is 11.9 Å². The molecule has 154 valence electrons. The van der Waals surface area contributed by atoms with E-state index in [4.69, 9.17) is 4.74 Å². The van der Waals surface area contributed by atoms with Crippen LogP contribution < -0.4 is 5.32 Å². The molecule has 0 fully saturated rings. The van der Waals surface area contributed by atoms with Gasteiger partial charge in [-0.05, 0) is 36.2 Å². The molecule has 0 aliphatic heterocycles. The Labute approximate surface area is 182 Å². The van der Waals surface area contributed by atoms with E-state index in [-0.39, 0.29) is 17.9 Å². The van der Waals surface area contributed by atoms with Crippen molar-refractivity contribution in [2.45, 2.75) is 6.92 Å². The number of nitrogens with zero attached hydrogens (tertiary/aromatic N) is 3. The van der Waals surface area contributed by atoms with Gasteiger partial charge in [0.05, 0.1) is 17.9 Å². The molecule has 0 saturated carbocycles. The molecule has 0 unspecified atom stereocenters. The van der Waals surface area contributed by atoms with E-state index >= 15 is 0 Å². The van der Waals surface area contributed by atoms with Crippen LogP contribution >= 0.6 is 11.3 Å². The Morgan fingerprint density at radius 3 is 2.52 bits per heavy atom. The molecule has 8 heteroatoms. The molecule has 0 bridgehead atoms. The van der Waals surface area contributed by atoms with Gasteiger partial charge in [0.1, 0.15) is 5.69 Å². The highest BCUT2D eigenvalue weighted by Crippen LogP contribution is 2.27. The lowest BCUT2D eigenvalue weighted by Crippen LogP contribution is -2.16. The molecular formula is C23H18N4O3S. The maximum absolute atomic E-state index is 12.8. The predicted octanol–water partition coefficient (Wildman–Crippen LogP) is 4.70. The first-order valence-corrected chi connectivity index (χ1v) is 10.4. The highest BCUT2D eigenvalue weighted by Gasteiger charge is 2.19. The lowest BCUT2D eigenvalue weighted by Gasteiger charge is -2.12. The molecule has 7 nitrogen and oxygen atoms in total. The minimum atomic E-state index is -0.507. The predicted molar refractivity (Wildman–Crippen MR) is 119 cm³/mol. The summed E-state index contributed by atoms with van der Waals surface area (Å²) in [6.07, 6.45) is 3.23. The smallest absolute Gasteiger partial charge is 0.340 e. The van der Waals surface area contributed by atoms with Gasteiger partial charge in [0, 0.05) is 17.8 Å². The summed E-state index contributed by atoms with van der Waals surface area (Å²) in [5.41, 5.74) is 2.65. The zero-order valence-electron chi connectivity index (χ0n) is 16.6. The van der Waals surface area contributed by atoms with Gasteiger partial charge in [-0.15, -0.1) is 11.3 Å². The van der Waals surface area contributed by atoms with E-state index in [0.29, 0.717) is 16.5 Å². The number of anilines is 1. The number of esters is 1. The third-order valence-corrected chi connectivity index (χ3v) is 5.20. The first-order chi connectivity index (χ1) is 15.2. The largest absolute Gasteiger partial charge is 0.462 e. The van der Waals surface area contributed by atoms with Crippen molar-refractivity contribution in [3.05, 3.63) is 83.6 Å². The molecule has 0 radical (unpaired) electrons. The molecule has 2 aromatic carbocycles. The van der Waals surface area contributed by atoms with Gasteiger partial charge in [0.2, 0.25) is 0 Å². The number of carbonyl (C=O) groups excluding carboxylic acids is 2. The molecule has 2 heterocycles. The van der Waals surface area contributed by atoms with E-state index in [9.17, 15) is 9.59 Å². The third-order valence-electron chi connectivity index (χ3n) is 4.36. The van der Waals surface area contributed by atoms with Crippen LogP contribution in [-0.2, 0) is 4.74 Å². The molecule has 0 saturated heterocycles. The van der Waals surface area contributed by atoms with Gasteiger partial charge in [0.15, 0.2) is 10.8 Å². The molecule has 4 rings (SSSR count). The van der Waals surface area contributed by atoms with Crippen molar-refractivity contribution in [2.75, 3.05) is 11.9 Å². The van der Waals surface area contributed by atoms with Gasteiger partial charge in [-0.25, -0.2) is 19.7 Å². The molecule has 31 heavy (non-hydrogen) atoms. The Kier molecular flexibility index (Phi) is 6.09. The fraction of sp³-hybridized carbons (Fsp3) is 0.0870. The normalized spacial score (nSPS) is 10.5. The van der Waals surface area contributed by atoms with Crippen LogP contribution in [0.2, 0.25) is 0 Å². The fourth-order valence-corrected chi connectivity index (χ4v) is 3.66. The Morgan fingerprint density at radius 1 is 1.00 bits per heavy atom. The monoisotopic (exact) mass is 430 g/mol. The standard InChI is InChI=1S/C23H18N4O3S/c1-2-30-23(29)17-13-16(15-7-4-3-5-8-15)9-10-18(17)26-21(28)19-14-31-22(27-19)20-24-11-6-12-25-20/h3-14H,2H2,1H3,(H,26,28). The second kappa shape index (κ2) is 9.27. The van der Waals surface area contributed by atoms with Crippen molar-refractivity contribution in [2.24, 2.45) is 0 Å². The van der Waals surface area contributed by atoms with Crippen LogP contribution in [0, 0.1) is 0 Å². The summed E-state index contributed by atoms with van der Waals surface area (Å²) < 4.78 is 5.19. The van der Waals surface area contributed by atoms with Crippen molar-refractivity contribution in [1.82, 2.24) is 15.0 Å². The van der Waals surface area contributed by atoms with Crippen LogP contribution in [0.4, 0.5) is 5.69 Å². The lowest BCUT2D eigenvalue weighted by molar-refractivity contribution is 0.0527. The number of carbonyl (C=O) groups is 2. The van der Waals surface area contributed by atoms with E-state index in [2.05, 4.69) is 20.3 Å². The summed E-state index contributed by atoms with van der Waals surface area (Å²) in [5.74, 6) is -0.491. The number of rotatable bonds is 6. The molecule has 1 N–H and O–H groups in total. The minimum absolute atomic E-state index is 0.217. The van der Waals surface area contributed by atoms with Crippen LogP contribution in [0.3, 0.4) is 0 Å². The highest BCUT2D eigenvalue weighted by atomic mass is 32.1. The number of ether oxygens (including phenoxy) is 1. The summed E-state index contributed by atoms with van der Waals surface area (Å²) in [4.78, 5) is 37.9. The van der Waals surface area contributed by atoms with Gasteiger partial charge in [0.25, 0.3) is 5.91 Å². The molecule has 0 atom stereocenters. The van der Waals surface area contributed by atoms with Crippen molar-refractivity contribution in [3.63, 3.8) is 0 Å². The maximum atomic E-state index is 12.8. The third kappa shape index (κ3) is 4.65. The molecule has 4 aromatic rings. The zero-order chi connectivity index (χ0) is 21.6. The second-order valence-electron chi connectivity index (χ2n) is 6.41. The Bertz CT molecular complexity index is 1210. The van der Waals surface area contributed by atoms with Gasteiger partial charge >= 0.3 is 5.97 Å². The Balaban J connectivity index is 1.62. The summed E-state index contributed by atoms with van der Waals surface area (Å²) in [6.45, 7) is 1.97. The zero-order valence-corrected chi connectivity index (χ0v) is 17.4. The summed E-state index contributed by atoms with van der Waals surface area (Å²) in [7, 11) is 0. The first-order valence-electron chi connectivity index (χ1n) is 9.56. The minimum Gasteiger partial charge on any atom is -0.462 e. The second-order valence-corrected chi connectivity index (χ2v) is 7.27. The van der Waals surface area contributed by atoms with Gasteiger partial charge in [-0.1, -0.05) is 36.4 Å². The maximum Gasteiger partial charge on any atom is 0.340 e. The molecule has 0 aliphatic rings. The number of thiazole rings is 1. The average molecular weight is 430 g/mol. The van der Waals surface area contributed by atoms with E-state index in [1.54, 1.807) is 42.9 Å². The number of aromatic nitrogens is 3. The molecule has 1 amide bonds. The number of amides is 1. The van der Waals surface area contributed by atoms with Crippen LogP contribution in [0.1, 0.15) is 27.8 Å². The average Bonchev–Trinajstić information content (AvgIpc) is 3.31. The van der Waals surface area contributed by atoms with Crippen LogP contribution in [0.5, 0.6) is 0 Å². The molecule has 2 aromatic heterocycles. The van der Waals surface area contributed by atoms with Gasteiger partial charge < -0.3 is 10.1 Å². The quantitative estimate of drug-likeness (QED) is 0.446. The lowest BCUT2D eigenvalue weighted by atomic mass is 10.0. The fourth-order valence-electron chi connectivity index (χ4n) is 2.92.